The first-order valence-electron chi connectivity index (χ1n) is 8.97. The summed E-state index contributed by atoms with van der Waals surface area (Å²) >= 11 is 0. The Bertz CT molecular complexity index is 497. The number of nitrogens with zero attached hydrogens (tertiary/aromatic N) is 1. The van der Waals surface area contributed by atoms with Gasteiger partial charge in [-0.3, -0.25) is 4.90 Å². The van der Waals surface area contributed by atoms with E-state index in [1.807, 2.05) is 19.2 Å². The summed E-state index contributed by atoms with van der Waals surface area (Å²) in [5, 5.41) is 8.79. The van der Waals surface area contributed by atoms with E-state index in [1.165, 1.54) is 5.56 Å². The summed E-state index contributed by atoms with van der Waals surface area (Å²) in [5.41, 5.74) is 1.22. The van der Waals surface area contributed by atoms with Gasteiger partial charge in [-0.05, 0) is 43.4 Å². The molecule has 134 valence electrons. The molecule has 5 heteroatoms. The minimum atomic E-state index is -0.0640. The smallest absolute Gasteiger partial charge is 0.119 e. The average molecular weight is 335 g/mol. The summed E-state index contributed by atoms with van der Waals surface area (Å²) in [4.78, 5) is 2.49. The molecule has 0 amide bonds. The summed E-state index contributed by atoms with van der Waals surface area (Å²) in [5.74, 6) is 0.809. The minimum Gasteiger partial charge on any atom is -0.491 e. The van der Waals surface area contributed by atoms with Crippen molar-refractivity contribution in [2.24, 2.45) is 0 Å². The first kappa shape index (κ1) is 17.7. The lowest BCUT2D eigenvalue weighted by atomic mass is 9.82. The Morgan fingerprint density at radius 1 is 1.25 bits per heavy atom. The highest BCUT2D eigenvalue weighted by molar-refractivity contribution is 5.27. The molecule has 2 heterocycles. The molecular weight excluding hydrogens is 306 g/mol. The maximum atomic E-state index is 8.79. The molecule has 2 aliphatic heterocycles. The molecule has 5 nitrogen and oxygen atoms in total. The summed E-state index contributed by atoms with van der Waals surface area (Å²) in [6, 6.07) is 8.15. The van der Waals surface area contributed by atoms with Crippen LogP contribution < -0.4 is 4.74 Å². The number of hydrogen-bond acceptors (Lipinski definition) is 5. The molecule has 0 saturated carbocycles. The molecule has 0 bridgehead atoms. The van der Waals surface area contributed by atoms with Crippen LogP contribution in [0.4, 0.5) is 0 Å². The van der Waals surface area contributed by atoms with Crippen LogP contribution in [0, 0.1) is 0 Å². The van der Waals surface area contributed by atoms with Gasteiger partial charge in [0.25, 0.3) is 0 Å². The summed E-state index contributed by atoms with van der Waals surface area (Å²) < 4.78 is 17.3. The molecule has 2 aliphatic rings. The van der Waals surface area contributed by atoms with Gasteiger partial charge in [-0.15, -0.1) is 0 Å². The Hall–Kier alpha value is -1.14. The van der Waals surface area contributed by atoms with Gasteiger partial charge < -0.3 is 19.3 Å². The predicted molar refractivity (Wildman–Crippen MR) is 92.2 cm³/mol. The van der Waals surface area contributed by atoms with Gasteiger partial charge in [0.05, 0.1) is 18.3 Å². The van der Waals surface area contributed by atoms with Gasteiger partial charge in [-0.25, -0.2) is 0 Å². The van der Waals surface area contributed by atoms with Crippen molar-refractivity contribution < 1.29 is 19.3 Å². The molecule has 0 aliphatic carbocycles. The van der Waals surface area contributed by atoms with Gasteiger partial charge >= 0.3 is 0 Å². The molecule has 0 radical (unpaired) electrons. The lowest BCUT2D eigenvalue weighted by Gasteiger charge is -2.48. The van der Waals surface area contributed by atoms with E-state index in [0.29, 0.717) is 6.61 Å². The van der Waals surface area contributed by atoms with E-state index in [-0.39, 0.29) is 18.3 Å². The number of hydrogen-bond donors (Lipinski definition) is 1. The van der Waals surface area contributed by atoms with Crippen molar-refractivity contribution in [2.45, 2.75) is 43.9 Å². The second-order valence-corrected chi connectivity index (χ2v) is 6.77. The zero-order valence-electron chi connectivity index (χ0n) is 14.6. The number of piperidine rings is 1. The normalized spacial score (nSPS) is 24.2. The van der Waals surface area contributed by atoms with Crippen molar-refractivity contribution >= 4 is 0 Å². The van der Waals surface area contributed by atoms with Crippen LogP contribution in [-0.4, -0.2) is 61.7 Å². The molecular formula is C19H29NO4. The van der Waals surface area contributed by atoms with Gasteiger partial charge in [0, 0.05) is 33.4 Å². The maximum absolute atomic E-state index is 8.79. The average Bonchev–Trinajstić information content (AvgIpc) is 2.63. The number of rotatable bonds is 6. The van der Waals surface area contributed by atoms with Crippen LogP contribution in [0.15, 0.2) is 24.3 Å². The van der Waals surface area contributed by atoms with Crippen LogP contribution in [0.2, 0.25) is 0 Å². The van der Waals surface area contributed by atoms with E-state index in [4.69, 9.17) is 19.3 Å². The number of methoxy groups -OCH3 is 1. The molecule has 1 aromatic rings. The maximum Gasteiger partial charge on any atom is 0.119 e. The van der Waals surface area contributed by atoms with Crippen LogP contribution in [0.25, 0.3) is 0 Å². The molecule has 3 rings (SSSR count). The van der Waals surface area contributed by atoms with Crippen molar-refractivity contribution in [3.63, 3.8) is 0 Å². The van der Waals surface area contributed by atoms with Crippen LogP contribution in [0.3, 0.4) is 0 Å². The van der Waals surface area contributed by atoms with E-state index in [0.717, 1.165) is 57.7 Å². The lowest BCUT2D eigenvalue weighted by molar-refractivity contribution is -0.186. The highest BCUT2D eigenvalue weighted by Crippen LogP contribution is 2.37. The minimum absolute atomic E-state index is 0.0435. The summed E-state index contributed by atoms with van der Waals surface area (Å²) in [7, 11) is 1.81. The summed E-state index contributed by atoms with van der Waals surface area (Å²) in [6.45, 7) is 4.30. The topological polar surface area (TPSA) is 51.2 Å². The Morgan fingerprint density at radius 3 is 2.67 bits per heavy atom. The van der Waals surface area contributed by atoms with Crippen LogP contribution in [0.1, 0.15) is 31.2 Å². The number of likely N-dealkylation sites (tertiary alicyclic amines) is 1. The third-order valence-corrected chi connectivity index (χ3v) is 5.26. The second-order valence-electron chi connectivity index (χ2n) is 6.77. The largest absolute Gasteiger partial charge is 0.491 e. The molecule has 0 aromatic heterocycles. The van der Waals surface area contributed by atoms with Gasteiger partial charge in [-0.2, -0.15) is 0 Å². The van der Waals surface area contributed by atoms with E-state index < -0.39 is 0 Å². The molecule has 2 saturated heterocycles. The molecule has 1 atom stereocenters. The first-order chi connectivity index (χ1) is 11.8. The van der Waals surface area contributed by atoms with Gasteiger partial charge in [0.15, 0.2) is 0 Å². The standard InChI is InChI=1S/C19H29NO4/c1-22-18-3-2-13-24-19(18)8-10-20(11-9-19)15-16-4-6-17(7-5-16)23-14-12-21/h4-7,18,21H,2-3,8-15H2,1H3/t18-/m1/s1. The first-order valence-corrected chi connectivity index (χ1v) is 8.97. The highest BCUT2D eigenvalue weighted by atomic mass is 16.5. The van der Waals surface area contributed by atoms with Gasteiger partial charge in [-0.1, -0.05) is 12.1 Å². The lowest BCUT2D eigenvalue weighted by Crippen LogP contribution is -2.55. The van der Waals surface area contributed by atoms with Crippen molar-refractivity contribution in [1.82, 2.24) is 4.90 Å². The van der Waals surface area contributed by atoms with E-state index in [1.54, 1.807) is 0 Å². The van der Waals surface area contributed by atoms with Crippen LogP contribution >= 0.6 is 0 Å². The summed E-state index contributed by atoms with van der Waals surface area (Å²) in [6.07, 6.45) is 4.56. The van der Waals surface area contributed by atoms with Crippen molar-refractivity contribution in [1.29, 1.82) is 0 Å². The fourth-order valence-electron chi connectivity index (χ4n) is 3.90. The zero-order chi connectivity index (χ0) is 16.8. The van der Waals surface area contributed by atoms with Crippen molar-refractivity contribution in [2.75, 3.05) is 40.0 Å². The molecule has 1 spiro atoms. The molecule has 2 fully saturated rings. The fraction of sp³-hybridized carbons (Fsp3) is 0.684. The Morgan fingerprint density at radius 2 is 2.00 bits per heavy atom. The quantitative estimate of drug-likeness (QED) is 0.864. The van der Waals surface area contributed by atoms with Crippen molar-refractivity contribution in [3.8, 4) is 5.75 Å². The predicted octanol–water partition coefficient (Wildman–Crippen LogP) is 2.22. The van der Waals surface area contributed by atoms with Crippen molar-refractivity contribution in [3.05, 3.63) is 29.8 Å². The van der Waals surface area contributed by atoms with Gasteiger partial charge in [0.2, 0.25) is 0 Å². The third-order valence-electron chi connectivity index (χ3n) is 5.26. The third kappa shape index (κ3) is 4.09. The SMILES string of the molecule is CO[C@@H]1CCCOC12CCN(Cc1ccc(OCCO)cc1)CC2. The molecule has 24 heavy (non-hydrogen) atoms. The fourth-order valence-corrected chi connectivity index (χ4v) is 3.90. The number of aliphatic hydroxyl groups is 1. The van der Waals surface area contributed by atoms with Gasteiger partial charge in [0.1, 0.15) is 12.4 Å². The Balaban J connectivity index is 1.51. The Kier molecular flexibility index (Phi) is 6.11. The number of ether oxygens (including phenoxy) is 3. The molecule has 1 N–H and O–H groups in total. The number of aliphatic hydroxyl groups excluding tert-OH is 1. The molecule has 1 aromatic carbocycles. The highest BCUT2D eigenvalue weighted by Gasteiger charge is 2.44. The molecule has 0 unspecified atom stereocenters. The second kappa shape index (κ2) is 8.30. The van der Waals surface area contributed by atoms with E-state index in [2.05, 4.69) is 17.0 Å². The Labute approximate surface area is 144 Å². The monoisotopic (exact) mass is 335 g/mol. The van der Waals surface area contributed by atoms with Crippen LogP contribution in [0.5, 0.6) is 5.75 Å². The number of benzene rings is 1. The zero-order valence-corrected chi connectivity index (χ0v) is 14.6. The van der Waals surface area contributed by atoms with Crippen LogP contribution in [-0.2, 0) is 16.0 Å². The van der Waals surface area contributed by atoms with E-state index in [9.17, 15) is 0 Å². The van der Waals surface area contributed by atoms with E-state index >= 15 is 0 Å².